The zero-order valence-electron chi connectivity index (χ0n) is 9.81. The number of aryl methyl sites for hydroxylation is 1. The number of hydrogen-bond donors (Lipinski definition) is 1. The monoisotopic (exact) mass is 235 g/mol. The molecule has 0 atom stereocenters. The Kier molecular flexibility index (Phi) is 3.43. The van der Waals surface area contributed by atoms with Crippen LogP contribution < -0.4 is 5.32 Å². The minimum atomic E-state index is -0.324. The molecule has 2 rings (SSSR count). The number of halogens is 1. The second kappa shape index (κ2) is 5.01. The van der Waals surface area contributed by atoms with Crippen LogP contribution in [0.5, 0.6) is 0 Å². The number of aromatic nitrogens is 4. The highest BCUT2D eigenvalue weighted by atomic mass is 19.1. The highest BCUT2D eigenvalue weighted by molar-refractivity contribution is 5.35. The third-order valence-electron chi connectivity index (χ3n) is 2.40. The first-order valence-electron chi connectivity index (χ1n) is 5.47. The lowest BCUT2D eigenvalue weighted by atomic mass is 10.2. The fourth-order valence-corrected chi connectivity index (χ4v) is 1.52. The second-order valence-corrected chi connectivity index (χ2v) is 3.74. The molecule has 0 bridgehead atoms. The number of nitrogens with zero attached hydrogens (tertiary/aromatic N) is 4. The first kappa shape index (κ1) is 11.7. The maximum absolute atomic E-state index is 13.8. The van der Waals surface area contributed by atoms with Crippen LogP contribution in [-0.2, 0) is 6.54 Å². The number of nitrogens with one attached hydrogen (secondary N) is 1. The van der Waals surface area contributed by atoms with Crippen molar-refractivity contribution < 1.29 is 4.39 Å². The van der Waals surface area contributed by atoms with E-state index in [9.17, 15) is 4.39 Å². The van der Waals surface area contributed by atoms with E-state index in [0.717, 1.165) is 12.1 Å². The van der Waals surface area contributed by atoms with E-state index in [1.165, 1.54) is 10.7 Å². The van der Waals surface area contributed by atoms with Gasteiger partial charge in [0.15, 0.2) is 5.82 Å². The Morgan fingerprint density at radius 3 is 2.94 bits per heavy atom. The fourth-order valence-electron chi connectivity index (χ4n) is 1.52. The van der Waals surface area contributed by atoms with Crippen LogP contribution in [0.4, 0.5) is 4.39 Å². The summed E-state index contributed by atoms with van der Waals surface area (Å²) in [5, 5.41) is 14.3. The minimum absolute atomic E-state index is 0.324. The lowest BCUT2D eigenvalue weighted by molar-refractivity contribution is 0.594. The molecule has 1 aromatic heterocycles. The normalized spacial score (nSPS) is 10.8. The van der Waals surface area contributed by atoms with E-state index in [4.69, 9.17) is 0 Å². The van der Waals surface area contributed by atoms with Crippen molar-refractivity contribution in [2.75, 3.05) is 6.54 Å². The summed E-state index contributed by atoms with van der Waals surface area (Å²) in [4.78, 5) is 0. The number of tetrazole rings is 1. The van der Waals surface area contributed by atoms with Gasteiger partial charge in [-0.05, 0) is 41.6 Å². The lowest BCUT2D eigenvalue weighted by Crippen LogP contribution is -2.16. The van der Waals surface area contributed by atoms with Gasteiger partial charge >= 0.3 is 0 Å². The van der Waals surface area contributed by atoms with E-state index in [1.807, 2.05) is 19.9 Å². The Hall–Kier alpha value is -1.82. The molecule has 0 radical (unpaired) electrons. The molecule has 0 aliphatic heterocycles. The van der Waals surface area contributed by atoms with Crippen molar-refractivity contribution >= 4 is 0 Å². The average molecular weight is 235 g/mol. The zero-order chi connectivity index (χ0) is 12.3. The maximum Gasteiger partial charge on any atom is 0.170 e. The summed E-state index contributed by atoms with van der Waals surface area (Å²) in [5.74, 6) is 0.268. The Morgan fingerprint density at radius 1 is 1.41 bits per heavy atom. The van der Waals surface area contributed by atoms with E-state index < -0.39 is 0 Å². The molecule has 1 N–H and O–H groups in total. The topological polar surface area (TPSA) is 55.6 Å². The summed E-state index contributed by atoms with van der Waals surface area (Å²) >= 11 is 0. The highest BCUT2D eigenvalue weighted by Crippen LogP contribution is 2.14. The van der Waals surface area contributed by atoms with Crippen molar-refractivity contribution in [2.24, 2.45) is 0 Å². The average Bonchev–Trinajstić information content (AvgIpc) is 2.74. The van der Waals surface area contributed by atoms with Crippen LogP contribution in [0.2, 0.25) is 0 Å². The van der Waals surface area contributed by atoms with Gasteiger partial charge in [-0.3, -0.25) is 0 Å². The smallest absolute Gasteiger partial charge is 0.170 e. The zero-order valence-corrected chi connectivity index (χ0v) is 9.81. The van der Waals surface area contributed by atoms with Crippen LogP contribution in [0.25, 0.3) is 5.69 Å². The summed E-state index contributed by atoms with van der Waals surface area (Å²) in [6.07, 6.45) is 0. The molecule has 0 aliphatic rings. The quantitative estimate of drug-likeness (QED) is 0.865. The van der Waals surface area contributed by atoms with Crippen molar-refractivity contribution in [3.63, 3.8) is 0 Å². The van der Waals surface area contributed by atoms with Gasteiger partial charge in [0.25, 0.3) is 0 Å². The van der Waals surface area contributed by atoms with E-state index in [2.05, 4.69) is 20.8 Å². The van der Waals surface area contributed by atoms with Gasteiger partial charge in [-0.15, -0.1) is 5.10 Å². The van der Waals surface area contributed by atoms with E-state index >= 15 is 0 Å². The van der Waals surface area contributed by atoms with Gasteiger partial charge in [0, 0.05) is 0 Å². The summed E-state index contributed by atoms with van der Waals surface area (Å²) in [7, 11) is 0. The Bertz CT molecular complexity index is 508. The molecule has 6 heteroatoms. The lowest BCUT2D eigenvalue weighted by Gasteiger charge is -2.06. The fraction of sp³-hybridized carbons (Fsp3) is 0.364. The van der Waals surface area contributed by atoms with Gasteiger partial charge < -0.3 is 5.32 Å². The Balaban J connectivity index is 2.35. The molecule has 90 valence electrons. The van der Waals surface area contributed by atoms with Gasteiger partial charge in [0.1, 0.15) is 11.5 Å². The molecule has 2 aromatic rings. The first-order chi connectivity index (χ1) is 8.22. The molecule has 0 aliphatic carbocycles. The molecule has 1 aromatic carbocycles. The Labute approximate surface area is 98.6 Å². The van der Waals surface area contributed by atoms with Crippen molar-refractivity contribution in [1.29, 1.82) is 0 Å². The number of benzene rings is 1. The van der Waals surface area contributed by atoms with Crippen LogP contribution >= 0.6 is 0 Å². The molecule has 5 nitrogen and oxygen atoms in total. The molecule has 17 heavy (non-hydrogen) atoms. The van der Waals surface area contributed by atoms with E-state index in [1.54, 1.807) is 6.07 Å². The summed E-state index contributed by atoms with van der Waals surface area (Å²) < 4.78 is 15.2. The largest absolute Gasteiger partial charge is 0.310 e. The third-order valence-corrected chi connectivity index (χ3v) is 2.40. The van der Waals surface area contributed by atoms with Gasteiger partial charge in [0.2, 0.25) is 0 Å². The highest BCUT2D eigenvalue weighted by Gasteiger charge is 2.11. The van der Waals surface area contributed by atoms with Crippen molar-refractivity contribution in [2.45, 2.75) is 20.4 Å². The first-order valence-corrected chi connectivity index (χ1v) is 5.47. The predicted molar refractivity (Wildman–Crippen MR) is 61.2 cm³/mol. The summed E-state index contributed by atoms with van der Waals surface area (Å²) in [6, 6.07) is 4.97. The molecule has 0 saturated heterocycles. The van der Waals surface area contributed by atoms with Crippen LogP contribution in [0.15, 0.2) is 18.2 Å². The third kappa shape index (κ3) is 2.47. The van der Waals surface area contributed by atoms with Gasteiger partial charge in [0.05, 0.1) is 6.54 Å². The predicted octanol–water partition coefficient (Wildman–Crippen LogP) is 1.22. The van der Waals surface area contributed by atoms with Gasteiger partial charge in [-0.2, -0.15) is 4.68 Å². The van der Waals surface area contributed by atoms with Gasteiger partial charge in [-0.25, -0.2) is 4.39 Å². The number of hydrogen-bond acceptors (Lipinski definition) is 4. The molecule has 0 saturated carbocycles. The SMILES string of the molecule is CCNCc1nnnn1-c1ccc(C)cc1F. The van der Waals surface area contributed by atoms with Crippen LogP contribution in [0.1, 0.15) is 18.3 Å². The summed E-state index contributed by atoms with van der Waals surface area (Å²) in [5.41, 5.74) is 1.24. The molecule has 0 amide bonds. The van der Waals surface area contributed by atoms with Crippen molar-refractivity contribution in [3.8, 4) is 5.69 Å². The molecule has 0 unspecified atom stereocenters. The summed E-state index contributed by atoms with van der Waals surface area (Å²) in [6.45, 7) is 5.15. The second-order valence-electron chi connectivity index (χ2n) is 3.74. The van der Waals surface area contributed by atoms with Crippen LogP contribution in [0, 0.1) is 12.7 Å². The van der Waals surface area contributed by atoms with Crippen molar-refractivity contribution in [3.05, 3.63) is 35.4 Å². The maximum atomic E-state index is 13.8. The van der Waals surface area contributed by atoms with E-state index in [-0.39, 0.29) is 5.82 Å². The molecule has 1 heterocycles. The minimum Gasteiger partial charge on any atom is -0.310 e. The molecular formula is C11H14FN5. The molecular weight excluding hydrogens is 221 g/mol. The van der Waals surface area contributed by atoms with Crippen LogP contribution in [0.3, 0.4) is 0 Å². The van der Waals surface area contributed by atoms with Crippen molar-refractivity contribution in [1.82, 2.24) is 25.5 Å². The molecule has 0 fully saturated rings. The number of rotatable bonds is 4. The van der Waals surface area contributed by atoms with Gasteiger partial charge in [-0.1, -0.05) is 13.0 Å². The molecule has 0 spiro atoms. The van der Waals surface area contributed by atoms with E-state index in [0.29, 0.717) is 18.1 Å². The standard InChI is InChI=1S/C11H14FN5/c1-3-13-7-11-14-15-16-17(11)10-5-4-8(2)6-9(10)12/h4-6,13H,3,7H2,1-2H3. The Morgan fingerprint density at radius 2 is 2.24 bits per heavy atom. The van der Waals surface area contributed by atoms with Crippen LogP contribution in [-0.4, -0.2) is 26.8 Å².